The molecule has 2 nitrogen and oxygen atoms in total. The summed E-state index contributed by atoms with van der Waals surface area (Å²) in [5.41, 5.74) is 6.21. The van der Waals surface area contributed by atoms with Crippen LogP contribution in [0.5, 0.6) is 0 Å². The summed E-state index contributed by atoms with van der Waals surface area (Å²) in [5, 5.41) is 0. The summed E-state index contributed by atoms with van der Waals surface area (Å²) in [4.78, 5) is 5.29. The van der Waals surface area contributed by atoms with E-state index in [1.54, 1.807) is 0 Å². The lowest BCUT2D eigenvalue weighted by Gasteiger charge is -2.36. The Balaban J connectivity index is 2.98. The fraction of sp³-hybridized carbons (Fsp3) is 0.714. The van der Waals surface area contributed by atoms with E-state index >= 15 is 0 Å². The molecule has 17 heavy (non-hydrogen) atoms. The van der Waals surface area contributed by atoms with Crippen molar-refractivity contribution in [1.29, 1.82) is 0 Å². The number of thiophene rings is 1. The molecule has 1 aromatic heterocycles. The van der Waals surface area contributed by atoms with Gasteiger partial charge in [-0.25, -0.2) is 0 Å². The van der Waals surface area contributed by atoms with E-state index in [-0.39, 0.29) is 6.04 Å². The second-order valence-electron chi connectivity index (χ2n) is 5.08. The largest absolute Gasteiger partial charge is 0.326 e. The summed E-state index contributed by atoms with van der Waals surface area (Å²) >= 11 is 1.87. The third-order valence-corrected chi connectivity index (χ3v) is 4.12. The summed E-state index contributed by atoms with van der Waals surface area (Å²) in [6.45, 7) is 12.1. The minimum Gasteiger partial charge on any atom is -0.326 e. The first-order valence-corrected chi connectivity index (χ1v) is 7.36. The monoisotopic (exact) mass is 254 g/mol. The molecule has 0 aliphatic carbocycles. The highest BCUT2D eigenvalue weighted by molar-refractivity contribution is 7.12. The van der Waals surface area contributed by atoms with E-state index in [1.807, 2.05) is 11.3 Å². The van der Waals surface area contributed by atoms with Crippen molar-refractivity contribution in [2.45, 2.75) is 59.2 Å². The molecule has 1 heterocycles. The second kappa shape index (κ2) is 6.53. The van der Waals surface area contributed by atoms with Gasteiger partial charge in [0, 0.05) is 21.8 Å². The van der Waals surface area contributed by atoms with Crippen LogP contribution in [0.4, 0.5) is 0 Å². The molecule has 0 aliphatic heterocycles. The number of nitrogens with zero attached hydrogens (tertiary/aromatic N) is 1. The zero-order valence-electron chi connectivity index (χ0n) is 11.7. The molecule has 3 heteroatoms. The standard InChI is InChI=1S/C14H26N2S/c1-6-9-16(10(2)3)14(12(5)15)13-8-7-11(4)17-13/h7-8,10,12,14H,6,9,15H2,1-5H3. The third kappa shape index (κ3) is 3.80. The summed E-state index contributed by atoms with van der Waals surface area (Å²) in [6.07, 6.45) is 1.17. The molecular weight excluding hydrogens is 228 g/mol. The summed E-state index contributed by atoms with van der Waals surface area (Å²) in [7, 11) is 0. The van der Waals surface area contributed by atoms with Crippen molar-refractivity contribution in [3.63, 3.8) is 0 Å². The normalized spacial score (nSPS) is 15.5. The molecule has 0 aromatic carbocycles. The Hall–Kier alpha value is -0.380. The number of aryl methyl sites for hydroxylation is 1. The van der Waals surface area contributed by atoms with E-state index in [1.165, 1.54) is 16.2 Å². The third-order valence-electron chi connectivity index (χ3n) is 3.05. The first kappa shape index (κ1) is 14.7. The van der Waals surface area contributed by atoms with Crippen molar-refractivity contribution >= 4 is 11.3 Å². The lowest BCUT2D eigenvalue weighted by molar-refractivity contribution is 0.138. The molecule has 98 valence electrons. The average Bonchev–Trinajstić information content (AvgIpc) is 2.63. The maximum absolute atomic E-state index is 6.21. The summed E-state index contributed by atoms with van der Waals surface area (Å²) in [5.74, 6) is 0. The first-order chi connectivity index (χ1) is 7.97. The van der Waals surface area contributed by atoms with Gasteiger partial charge in [0.15, 0.2) is 0 Å². The van der Waals surface area contributed by atoms with Crippen LogP contribution in [0.25, 0.3) is 0 Å². The summed E-state index contributed by atoms with van der Waals surface area (Å²) < 4.78 is 0. The van der Waals surface area contributed by atoms with Gasteiger partial charge in [-0.15, -0.1) is 11.3 Å². The fourth-order valence-corrected chi connectivity index (χ4v) is 3.43. The average molecular weight is 254 g/mol. The van der Waals surface area contributed by atoms with Gasteiger partial charge in [0.25, 0.3) is 0 Å². The van der Waals surface area contributed by atoms with Gasteiger partial charge >= 0.3 is 0 Å². The Morgan fingerprint density at radius 1 is 1.29 bits per heavy atom. The van der Waals surface area contributed by atoms with Gasteiger partial charge in [-0.1, -0.05) is 6.92 Å². The molecule has 0 spiro atoms. The highest BCUT2D eigenvalue weighted by Gasteiger charge is 2.26. The molecule has 0 bridgehead atoms. The van der Waals surface area contributed by atoms with Crippen molar-refractivity contribution in [2.75, 3.05) is 6.54 Å². The minimum atomic E-state index is 0.169. The molecule has 0 fully saturated rings. The van der Waals surface area contributed by atoms with E-state index < -0.39 is 0 Å². The Kier molecular flexibility index (Phi) is 5.63. The molecule has 0 amide bonds. The van der Waals surface area contributed by atoms with Crippen LogP contribution in [0.15, 0.2) is 12.1 Å². The van der Waals surface area contributed by atoms with Crippen molar-refractivity contribution < 1.29 is 0 Å². The van der Waals surface area contributed by atoms with Gasteiger partial charge in [-0.3, -0.25) is 4.90 Å². The molecular formula is C14H26N2S. The van der Waals surface area contributed by atoms with Gasteiger partial charge in [0.1, 0.15) is 0 Å². The van der Waals surface area contributed by atoms with Crippen molar-refractivity contribution in [1.82, 2.24) is 4.90 Å². The smallest absolute Gasteiger partial charge is 0.0593 e. The molecule has 1 rings (SSSR count). The quantitative estimate of drug-likeness (QED) is 0.841. The van der Waals surface area contributed by atoms with E-state index in [2.05, 4.69) is 51.7 Å². The molecule has 0 radical (unpaired) electrons. The zero-order chi connectivity index (χ0) is 13.0. The van der Waals surface area contributed by atoms with Crippen LogP contribution >= 0.6 is 11.3 Å². The van der Waals surface area contributed by atoms with E-state index in [0.29, 0.717) is 12.1 Å². The molecule has 2 N–H and O–H groups in total. The Morgan fingerprint density at radius 2 is 1.94 bits per heavy atom. The summed E-state index contributed by atoms with van der Waals surface area (Å²) in [6, 6.07) is 5.49. The predicted octanol–water partition coefficient (Wildman–Crippen LogP) is 3.57. The lowest BCUT2D eigenvalue weighted by Crippen LogP contribution is -2.43. The first-order valence-electron chi connectivity index (χ1n) is 6.55. The van der Waals surface area contributed by atoms with Crippen molar-refractivity contribution in [3.8, 4) is 0 Å². The Bertz CT molecular complexity index is 331. The van der Waals surface area contributed by atoms with Crippen molar-refractivity contribution in [2.24, 2.45) is 5.73 Å². The number of rotatable bonds is 6. The molecule has 0 saturated carbocycles. The number of nitrogens with two attached hydrogens (primary N) is 1. The SMILES string of the molecule is CCCN(C(C)C)C(c1ccc(C)s1)C(C)N. The minimum absolute atomic E-state index is 0.169. The Labute approximate surface area is 110 Å². The van der Waals surface area contributed by atoms with Gasteiger partial charge in [0.05, 0.1) is 6.04 Å². The van der Waals surface area contributed by atoms with Crippen LogP contribution in [0, 0.1) is 6.92 Å². The number of hydrogen-bond acceptors (Lipinski definition) is 3. The van der Waals surface area contributed by atoms with Crippen LogP contribution in [-0.2, 0) is 0 Å². The second-order valence-corrected chi connectivity index (χ2v) is 6.40. The molecule has 2 unspecified atom stereocenters. The van der Waals surface area contributed by atoms with Crippen LogP contribution in [0.3, 0.4) is 0 Å². The highest BCUT2D eigenvalue weighted by Crippen LogP contribution is 2.31. The van der Waals surface area contributed by atoms with Crippen LogP contribution < -0.4 is 5.73 Å². The molecule has 0 aliphatic rings. The van der Waals surface area contributed by atoms with E-state index in [4.69, 9.17) is 5.73 Å². The van der Waals surface area contributed by atoms with Crippen LogP contribution in [0.2, 0.25) is 0 Å². The highest BCUT2D eigenvalue weighted by atomic mass is 32.1. The van der Waals surface area contributed by atoms with Crippen LogP contribution in [-0.4, -0.2) is 23.5 Å². The maximum Gasteiger partial charge on any atom is 0.0593 e. The maximum atomic E-state index is 6.21. The number of hydrogen-bond donors (Lipinski definition) is 1. The van der Waals surface area contributed by atoms with Gasteiger partial charge < -0.3 is 5.73 Å². The lowest BCUT2D eigenvalue weighted by atomic mass is 10.0. The van der Waals surface area contributed by atoms with E-state index in [0.717, 1.165) is 6.54 Å². The zero-order valence-corrected chi connectivity index (χ0v) is 12.6. The van der Waals surface area contributed by atoms with Crippen LogP contribution in [0.1, 0.15) is 49.9 Å². The van der Waals surface area contributed by atoms with Gasteiger partial charge in [-0.2, -0.15) is 0 Å². The molecule has 0 saturated heterocycles. The van der Waals surface area contributed by atoms with E-state index in [9.17, 15) is 0 Å². The fourth-order valence-electron chi connectivity index (χ4n) is 2.31. The Morgan fingerprint density at radius 3 is 2.29 bits per heavy atom. The molecule has 1 aromatic rings. The predicted molar refractivity (Wildman–Crippen MR) is 77.6 cm³/mol. The van der Waals surface area contributed by atoms with Gasteiger partial charge in [-0.05, 0) is 52.8 Å². The molecule has 2 atom stereocenters. The van der Waals surface area contributed by atoms with Crippen molar-refractivity contribution in [3.05, 3.63) is 21.9 Å². The van der Waals surface area contributed by atoms with Gasteiger partial charge in [0.2, 0.25) is 0 Å². The topological polar surface area (TPSA) is 29.3 Å².